The van der Waals surface area contributed by atoms with Gasteiger partial charge in [-0.05, 0) is 17.7 Å². The Morgan fingerprint density at radius 3 is 2.81 bits per heavy atom. The molecular formula is C25H24N6O5. The standard InChI is InChI=1S/C25H24N6O5/c1-34-23-3-2-17-25(30-23)31(24(33)13-29-17)16-6-14-7-20(32)19(9-18(14)28-11-16)27-10-15-8-21-22(12-26-15)36-5-4-35-21/h2-3,6,8,11-13,19-20,27,32H,4-5,7,9-10H2,1H3/t19-,20-/m1/s1. The van der Waals surface area contributed by atoms with Gasteiger partial charge in [-0.15, -0.1) is 0 Å². The Kier molecular flexibility index (Phi) is 5.70. The average Bonchev–Trinajstić information content (AvgIpc) is 2.91. The van der Waals surface area contributed by atoms with Crippen molar-refractivity contribution in [2.24, 2.45) is 0 Å². The minimum atomic E-state index is -0.629. The minimum Gasteiger partial charge on any atom is -0.486 e. The van der Waals surface area contributed by atoms with E-state index in [2.05, 4.69) is 25.3 Å². The van der Waals surface area contributed by atoms with Gasteiger partial charge >= 0.3 is 0 Å². The molecule has 0 amide bonds. The summed E-state index contributed by atoms with van der Waals surface area (Å²) >= 11 is 0. The summed E-state index contributed by atoms with van der Waals surface area (Å²) in [7, 11) is 1.52. The van der Waals surface area contributed by atoms with Crippen LogP contribution in [0.1, 0.15) is 17.0 Å². The van der Waals surface area contributed by atoms with E-state index in [4.69, 9.17) is 14.2 Å². The van der Waals surface area contributed by atoms with Gasteiger partial charge in [-0.3, -0.25) is 19.3 Å². The molecule has 4 aromatic rings. The van der Waals surface area contributed by atoms with Crippen LogP contribution in [-0.2, 0) is 19.4 Å². The predicted octanol–water partition coefficient (Wildman–Crippen LogP) is 0.968. The lowest BCUT2D eigenvalue weighted by molar-refractivity contribution is 0.117. The van der Waals surface area contributed by atoms with Gasteiger partial charge in [0.25, 0.3) is 5.56 Å². The Labute approximate surface area is 205 Å². The van der Waals surface area contributed by atoms with E-state index >= 15 is 0 Å². The SMILES string of the molecule is COc1ccc2ncc(=O)n(-c3cnc4c(c3)C[C@@H](O)[C@H](NCc3cc5c(cn3)OCCO5)C4)c2n1. The van der Waals surface area contributed by atoms with Gasteiger partial charge in [0.15, 0.2) is 17.1 Å². The molecule has 2 N–H and O–H groups in total. The first-order chi connectivity index (χ1) is 17.6. The molecule has 5 heterocycles. The molecule has 0 saturated heterocycles. The van der Waals surface area contributed by atoms with Crippen molar-refractivity contribution in [3.8, 4) is 23.1 Å². The number of methoxy groups -OCH3 is 1. The summed E-state index contributed by atoms with van der Waals surface area (Å²) in [6.45, 7) is 1.50. The van der Waals surface area contributed by atoms with Crippen LogP contribution in [0.25, 0.3) is 16.9 Å². The van der Waals surface area contributed by atoms with Crippen molar-refractivity contribution in [2.75, 3.05) is 20.3 Å². The molecule has 0 unspecified atom stereocenters. The van der Waals surface area contributed by atoms with E-state index in [0.29, 0.717) is 66.8 Å². The van der Waals surface area contributed by atoms with E-state index in [1.54, 1.807) is 24.5 Å². The summed E-state index contributed by atoms with van der Waals surface area (Å²) in [6, 6.07) is 6.99. The van der Waals surface area contributed by atoms with Crippen molar-refractivity contribution in [1.82, 2.24) is 29.8 Å². The van der Waals surface area contributed by atoms with Gasteiger partial charge in [0, 0.05) is 43.3 Å². The van der Waals surface area contributed by atoms with Gasteiger partial charge in [0.2, 0.25) is 5.88 Å². The number of fused-ring (bicyclic) bond motifs is 3. The number of ether oxygens (including phenoxy) is 3. The van der Waals surface area contributed by atoms with E-state index in [1.165, 1.54) is 17.9 Å². The smallest absolute Gasteiger partial charge is 0.275 e. The largest absolute Gasteiger partial charge is 0.486 e. The second kappa shape index (κ2) is 9.17. The van der Waals surface area contributed by atoms with Crippen LogP contribution < -0.4 is 25.1 Å². The Hall–Kier alpha value is -4.09. The molecule has 0 aromatic carbocycles. The molecule has 1 aliphatic heterocycles. The van der Waals surface area contributed by atoms with Crippen LogP contribution in [0, 0.1) is 0 Å². The fourth-order valence-electron chi connectivity index (χ4n) is 4.59. The third kappa shape index (κ3) is 4.12. The molecule has 6 rings (SSSR count). The molecule has 1 aliphatic carbocycles. The summed E-state index contributed by atoms with van der Waals surface area (Å²) in [5.41, 5.74) is 3.73. The monoisotopic (exact) mass is 488 g/mol. The molecular weight excluding hydrogens is 464 g/mol. The first kappa shape index (κ1) is 22.4. The molecule has 0 fully saturated rings. The van der Waals surface area contributed by atoms with Crippen molar-refractivity contribution in [2.45, 2.75) is 31.5 Å². The molecule has 2 aliphatic rings. The number of aromatic nitrogens is 5. The fraction of sp³-hybridized carbons (Fsp3) is 0.320. The number of hydrogen-bond donors (Lipinski definition) is 2. The highest BCUT2D eigenvalue weighted by molar-refractivity contribution is 5.72. The number of nitrogens with zero attached hydrogens (tertiary/aromatic N) is 5. The molecule has 2 atom stereocenters. The zero-order valence-electron chi connectivity index (χ0n) is 19.5. The van der Waals surface area contributed by atoms with E-state index < -0.39 is 6.10 Å². The van der Waals surface area contributed by atoms with Gasteiger partial charge in [-0.1, -0.05) is 0 Å². The van der Waals surface area contributed by atoms with Gasteiger partial charge in [0.1, 0.15) is 18.7 Å². The maximum absolute atomic E-state index is 12.7. The fourth-order valence-corrected chi connectivity index (χ4v) is 4.59. The highest BCUT2D eigenvalue weighted by atomic mass is 16.6. The van der Waals surface area contributed by atoms with Crippen LogP contribution in [0.5, 0.6) is 17.4 Å². The number of aliphatic hydroxyl groups excluding tert-OH is 1. The predicted molar refractivity (Wildman–Crippen MR) is 129 cm³/mol. The Morgan fingerprint density at radius 2 is 1.94 bits per heavy atom. The van der Waals surface area contributed by atoms with Crippen LogP contribution in [0.4, 0.5) is 0 Å². The Bertz CT molecular complexity index is 1510. The maximum Gasteiger partial charge on any atom is 0.275 e. The zero-order valence-corrected chi connectivity index (χ0v) is 19.5. The lowest BCUT2D eigenvalue weighted by Gasteiger charge is -2.30. The molecule has 11 nitrogen and oxygen atoms in total. The van der Waals surface area contributed by atoms with Crippen LogP contribution >= 0.6 is 0 Å². The third-order valence-corrected chi connectivity index (χ3v) is 6.43. The topological polar surface area (TPSA) is 134 Å². The second-order valence-corrected chi connectivity index (χ2v) is 8.71. The first-order valence-electron chi connectivity index (χ1n) is 11.7. The number of pyridine rings is 3. The Morgan fingerprint density at radius 1 is 1.08 bits per heavy atom. The maximum atomic E-state index is 12.7. The number of hydrogen-bond acceptors (Lipinski definition) is 10. The molecule has 0 saturated carbocycles. The molecule has 4 aromatic heterocycles. The van der Waals surface area contributed by atoms with E-state index in [9.17, 15) is 9.90 Å². The zero-order chi connectivity index (χ0) is 24.6. The molecule has 11 heteroatoms. The number of nitrogens with one attached hydrogen (secondary N) is 1. The van der Waals surface area contributed by atoms with Gasteiger partial charge in [0.05, 0.1) is 43.2 Å². The van der Waals surface area contributed by atoms with Crippen LogP contribution in [0.15, 0.2) is 47.7 Å². The summed E-state index contributed by atoms with van der Waals surface area (Å²) < 4.78 is 17.8. The van der Waals surface area contributed by atoms with E-state index in [1.807, 2.05) is 12.1 Å². The van der Waals surface area contributed by atoms with Crippen molar-refractivity contribution >= 4 is 11.2 Å². The van der Waals surface area contributed by atoms with Gasteiger partial charge in [-0.25, -0.2) is 4.98 Å². The van der Waals surface area contributed by atoms with Crippen LogP contribution in [0.2, 0.25) is 0 Å². The quantitative estimate of drug-likeness (QED) is 0.419. The number of rotatable bonds is 5. The van der Waals surface area contributed by atoms with E-state index in [0.717, 1.165) is 17.0 Å². The normalized spacial score (nSPS) is 18.6. The van der Waals surface area contributed by atoms with Crippen LogP contribution in [-0.4, -0.2) is 62.1 Å². The minimum absolute atomic E-state index is 0.193. The van der Waals surface area contributed by atoms with E-state index in [-0.39, 0.29) is 11.6 Å². The van der Waals surface area contributed by atoms with Gasteiger partial charge in [-0.2, -0.15) is 4.98 Å². The third-order valence-electron chi connectivity index (χ3n) is 6.43. The molecule has 184 valence electrons. The summed E-state index contributed by atoms with van der Waals surface area (Å²) in [4.78, 5) is 30.4. The molecule has 0 spiro atoms. The summed E-state index contributed by atoms with van der Waals surface area (Å²) in [5.74, 6) is 1.71. The lowest BCUT2D eigenvalue weighted by atomic mass is 9.89. The Balaban J connectivity index is 1.24. The highest BCUT2D eigenvalue weighted by Crippen LogP contribution is 2.29. The molecule has 36 heavy (non-hydrogen) atoms. The van der Waals surface area contributed by atoms with Crippen molar-refractivity contribution in [1.29, 1.82) is 0 Å². The highest BCUT2D eigenvalue weighted by Gasteiger charge is 2.28. The lowest BCUT2D eigenvalue weighted by Crippen LogP contribution is -2.45. The van der Waals surface area contributed by atoms with Crippen molar-refractivity contribution in [3.05, 3.63) is 70.2 Å². The molecule has 0 radical (unpaired) electrons. The molecule has 0 bridgehead atoms. The van der Waals surface area contributed by atoms with Gasteiger partial charge < -0.3 is 24.6 Å². The first-order valence-corrected chi connectivity index (χ1v) is 11.7. The van der Waals surface area contributed by atoms with Crippen molar-refractivity contribution in [3.63, 3.8) is 0 Å². The van der Waals surface area contributed by atoms with Crippen molar-refractivity contribution < 1.29 is 19.3 Å². The summed E-state index contributed by atoms with van der Waals surface area (Å²) in [5, 5.41) is 14.3. The average molecular weight is 489 g/mol. The number of aliphatic hydroxyl groups is 1. The van der Waals surface area contributed by atoms with Crippen LogP contribution in [0.3, 0.4) is 0 Å². The summed E-state index contributed by atoms with van der Waals surface area (Å²) in [6.07, 6.45) is 4.89. The second-order valence-electron chi connectivity index (χ2n) is 8.71.